The highest BCUT2D eigenvalue weighted by Crippen LogP contribution is 2.29. The summed E-state index contributed by atoms with van der Waals surface area (Å²) in [6.45, 7) is 4.18. The molecule has 0 aromatic heterocycles. The number of anilines is 1. The molecule has 0 saturated heterocycles. The first kappa shape index (κ1) is 14.0. The fraction of sp³-hybridized carbons (Fsp3) is 0.250. The van der Waals surface area contributed by atoms with Crippen LogP contribution in [0.4, 0.5) is 5.69 Å². The molecule has 100 valence electrons. The number of aryl methyl sites for hydroxylation is 2. The van der Waals surface area contributed by atoms with Crippen molar-refractivity contribution in [3.05, 3.63) is 59.2 Å². The van der Waals surface area contributed by atoms with Crippen molar-refractivity contribution in [1.82, 2.24) is 0 Å². The first-order valence-corrected chi connectivity index (χ1v) is 7.29. The minimum atomic E-state index is -0.535. The van der Waals surface area contributed by atoms with Crippen molar-refractivity contribution in [1.29, 1.82) is 0 Å². The lowest BCUT2D eigenvalue weighted by atomic mass is 10.1. The number of nitrogens with two attached hydrogens (primary N) is 1. The number of thioether (sulfide) groups is 1. The van der Waals surface area contributed by atoms with Crippen molar-refractivity contribution in [2.45, 2.75) is 24.8 Å². The monoisotopic (exact) mass is 273 g/mol. The highest BCUT2D eigenvalue weighted by atomic mass is 32.2. The van der Waals surface area contributed by atoms with Crippen molar-refractivity contribution in [3.8, 4) is 0 Å². The van der Waals surface area contributed by atoms with Crippen LogP contribution in [0, 0.1) is 13.8 Å². The third kappa shape index (κ3) is 3.52. The normalized spacial score (nSPS) is 12.4. The fourth-order valence-electron chi connectivity index (χ4n) is 2.03. The second-order valence-electron chi connectivity index (χ2n) is 4.72. The average Bonchev–Trinajstić information content (AvgIpc) is 2.38. The average molecular weight is 273 g/mol. The number of aliphatic hydroxyl groups excluding tert-OH is 1. The zero-order valence-electron chi connectivity index (χ0n) is 11.3. The summed E-state index contributed by atoms with van der Waals surface area (Å²) < 4.78 is 0. The number of para-hydroxylation sites is 1. The molecule has 3 N–H and O–H groups in total. The highest BCUT2D eigenvalue weighted by Gasteiger charge is 2.11. The molecule has 1 atom stereocenters. The molecule has 2 aromatic rings. The Labute approximate surface area is 118 Å². The van der Waals surface area contributed by atoms with Gasteiger partial charge in [-0.15, -0.1) is 11.8 Å². The molecule has 2 nitrogen and oxygen atoms in total. The fourth-order valence-corrected chi connectivity index (χ4v) is 3.00. The Balaban J connectivity index is 2.04. The SMILES string of the molecule is Cc1ccc(SCC(O)c2ccccc2N)c(C)c1. The topological polar surface area (TPSA) is 46.2 Å². The van der Waals surface area contributed by atoms with E-state index in [9.17, 15) is 5.11 Å². The molecule has 0 amide bonds. The Morgan fingerprint density at radius 1 is 1.16 bits per heavy atom. The quantitative estimate of drug-likeness (QED) is 0.659. The smallest absolute Gasteiger partial charge is 0.0903 e. The maximum atomic E-state index is 10.2. The zero-order chi connectivity index (χ0) is 13.8. The standard InChI is InChI=1S/C16H19NOS/c1-11-7-8-16(12(2)9-11)19-10-15(18)13-5-3-4-6-14(13)17/h3-9,15,18H,10,17H2,1-2H3. The van der Waals surface area contributed by atoms with E-state index in [-0.39, 0.29) is 0 Å². The number of benzene rings is 2. The van der Waals surface area contributed by atoms with E-state index in [2.05, 4.69) is 32.0 Å². The summed E-state index contributed by atoms with van der Waals surface area (Å²) >= 11 is 1.66. The lowest BCUT2D eigenvalue weighted by molar-refractivity contribution is 0.205. The van der Waals surface area contributed by atoms with E-state index in [0.717, 1.165) is 5.56 Å². The molecule has 0 aliphatic heterocycles. The molecule has 3 heteroatoms. The van der Waals surface area contributed by atoms with Gasteiger partial charge in [0.15, 0.2) is 0 Å². The van der Waals surface area contributed by atoms with E-state index in [4.69, 9.17) is 5.73 Å². The van der Waals surface area contributed by atoms with Gasteiger partial charge in [0.25, 0.3) is 0 Å². The van der Waals surface area contributed by atoms with Gasteiger partial charge >= 0.3 is 0 Å². The van der Waals surface area contributed by atoms with E-state index < -0.39 is 6.10 Å². The molecule has 0 saturated carbocycles. The van der Waals surface area contributed by atoms with Crippen LogP contribution < -0.4 is 5.73 Å². The van der Waals surface area contributed by atoms with E-state index >= 15 is 0 Å². The van der Waals surface area contributed by atoms with E-state index in [1.807, 2.05) is 24.3 Å². The lowest BCUT2D eigenvalue weighted by Gasteiger charge is -2.14. The van der Waals surface area contributed by atoms with Gasteiger partial charge in [0, 0.05) is 21.9 Å². The molecule has 0 bridgehead atoms. The van der Waals surface area contributed by atoms with Crippen LogP contribution in [0.2, 0.25) is 0 Å². The third-order valence-electron chi connectivity index (χ3n) is 3.08. The van der Waals surface area contributed by atoms with Crippen molar-refractivity contribution in [2.24, 2.45) is 0 Å². The van der Waals surface area contributed by atoms with Crippen LogP contribution in [-0.4, -0.2) is 10.9 Å². The van der Waals surface area contributed by atoms with Gasteiger partial charge in [-0.2, -0.15) is 0 Å². The summed E-state index contributed by atoms with van der Waals surface area (Å²) in [4.78, 5) is 1.21. The van der Waals surface area contributed by atoms with Gasteiger partial charge < -0.3 is 10.8 Å². The Hall–Kier alpha value is -1.45. The number of rotatable bonds is 4. The molecule has 0 spiro atoms. The molecule has 2 rings (SSSR count). The summed E-state index contributed by atoms with van der Waals surface area (Å²) in [5, 5.41) is 10.2. The van der Waals surface area contributed by atoms with Crippen molar-refractivity contribution >= 4 is 17.4 Å². The summed E-state index contributed by atoms with van der Waals surface area (Å²) in [6, 6.07) is 13.8. The summed E-state index contributed by atoms with van der Waals surface area (Å²) in [6.07, 6.45) is -0.535. The highest BCUT2D eigenvalue weighted by molar-refractivity contribution is 7.99. The minimum Gasteiger partial charge on any atom is -0.398 e. The van der Waals surface area contributed by atoms with Crippen LogP contribution in [0.25, 0.3) is 0 Å². The zero-order valence-corrected chi connectivity index (χ0v) is 12.1. The Morgan fingerprint density at radius 2 is 1.89 bits per heavy atom. The first-order valence-electron chi connectivity index (χ1n) is 6.30. The van der Waals surface area contributed by atoms with Crippen molar-refractivity contribution < 1.29 is 5.11 Å². The van der Waals surface area contributed by atoms with Gasteiger partial charge in [-0.3, -0.25) is 0 Å². The van der Waals surface area contributed by atoms with Gasteiger partial charge in [0.2, 0.25) is 0 Å². The maximum Gasteiger partial charge on any atom is 0.0903 e. The van der Waals surface area contributed by atoms with E-state index in [0.29, 0.717) is 11.4 Å². The summed E-state index contributed by atoms with van der Waals surface area (Å²) in [7, 11) is 0. The molecule has 0 aliphatic carbocycles. The van der Waals surface area contributed by atoms with Crippen molar-refractivity contribution in [3.63, 3.8) is 0 Å². The van der Waals surface area contributed by atoms with Gasteiger partial charge in [0.05, 0.1) is 6.10 Å². The summed E-state index contributed by atoms with van der Waals surface area (Å²) in [5.74, 6) is 0.609. The Kier molecular flexibility index (Phi) is 4.51. The van der Waals surface area contributed by atoms with Crippen LogP contribution in [0.3, 0.4) is 0 Å². The lowest BCUT2D eigenvalue weighted by Crippen LogP contribution is -2.04. The number of nitrogen functional groups attached to an aromatic ring is 1. The first-order chi connectivity index (χ1) is 9.08. The number of hydrogen-bond acceptors (Lipinski definition) is 3. The Bertz CT molecular complexity index is 568. The second kappa shape index (κ2) is 6.13. The largest absolute Gasteiger partial charge is 0.398 e. The second-order valence-corrected chi connectivity index (χ2v) is 5.79. The predicted octanol–water partition coefficient (Wildman–Crippen LogP) is 3.71. The van der Waals surface area contributed by atoms with Crippen LogP contribution >= 0.6 is 11.8 Å². The van der Waals surface area contributed by atoms with Crippen molar-refractivity contribution in [2.75, 3.05) is 11.5 Å². The maximum absolute atomic E-state index is 10.2. The van der Waals surface area contributed by atoms with Gasteiger partial charge in [0.1, 0.15) is 0 Å². The third-order valence-corrected chi connectivity index (χ3v) is 4.33. The molecular formula is C16H19NOS. The van der Waals surface area contributed by atoms with Gasteiger partial charge in [-0.25, -0.2) is 0 Å². The van der Waals surface area contributed by atoms with Crippen LogP contribution in [0.15, 0.2) is 47.4 Å². The van der Waals surface area contributed by atoms with Crippen LogP contribution in [0.1, 0.15) is 22.8 Å². The molecule has 0 heterocycles. The molecule has 0 aliphatic rings. The number of hydrogen-bond donors (Lipinski definition) is 2. The number of aliphatic hydroxyl groups is 1. The van der Waals surface area contributed by atoms with Crippen LogP contribution in [-0.2, 0) is 0 Å². The Morgan fingerprint density at radius 3 is 2.58 bits per heavy atom. The van der Waals surface area contributed by atoms with Gasteiger partial charge in [-0.1, -0.05) is 35.9 Å². The predicted molar refractivity (Wildman–Crippen MR) is 82.5 cm³/mol. The van der Waals surface area contributed by atoms with E-state index in [1.54, 1.807) is 11.8 Å². The molecule has 1 unspecified atom stereocenters. The van der Waals surface area contributed by atoms with Gasteiger partial charge in [-0.05, 0) is 31.5 Å². The van der Waals surface area contributed by atoms with E-state index in [1.165, 1.54) is 16.0 Å². The molecular weight excluding hydrogens is 254 g/mol. The molecule has 19 heavy (non-hydrogen) atoms. The van der Waals surface area contributed by atoms with Crippen LogP contribution in [0.5, 0.6) is 0 Å². The minimum absolute atomic E-state index is 0.535. The summed E-state index contributed by atoms with van der Waals surface area (Å²) in [5.41, 5.74) is 9.83. The molecule has 0 fully saturated rings. The molecule has 0 radical (unpaired) electrons. The molecule has 2 aromatic carbocycles.